The smallest absolute Gasteiger partial charge is 0.328 e. The molecular formula is C18H15Cl2N5O3. The lowest BCUT2D eigenvalue weighted by Gasteiger charge is -2.09. The van der Waals surface area contributed by atoms with E-state index in [2.05, 4.69) is 25.5 Å². The molecule has 0 aliphatic rings. The Hall–Kier alpha value is -3.10. The lowest BCUT2D eigenvalue weighted by molar-refractivity contribution is 0.347. The number of halogens is 2. The number of aromatic nitrogens is 3. The Morgan fingerprint density at radius 3 is 2.50 bits per heavy atom. The molecule has 0 bridgehead atoms. The Kier molecular flexibility index (Phi) is 6.46. The third-order valence-electron chi connectivity index (χ3n) is 3.40. The molecule has 0 saturated heterocycles. The van der Waals surface area contributed by atoms with Gasteiger partial charge in [-0.1, -0.05) is 29.3 Å². The van der Waals surface area contributed by atoms with Crippen LogP contribution < -0.4 is 19.6 Å². The topological polar surface area (TPSA) is 90.8 Å². The molecule has 1 N–H and O–H groups in total. The lowest BCUT2D eigenvalue weighted by atomic mass is 10.3. The molecule has 3 aromatic rings. The summed E-state index contributed by atoms with van der Waals surface area (Å²) in [4.78, 5) is 12.5. The summed E-state index contributed by atoms with van der Waals surface area (Å²) in [7, 11) is 2.97. The second kappa shape index (κ2) is 9.20. The van der Waals surface area contributed by atoms with Crippen molar-refractivity contribution in [3.05, 3.63) is 58.3 Å². The summed E-state index contributed by atoms with van der Waals surface area (Å²) in [6.45, 7) is 0. The quantitative estimate of drug-likeness (QED) is 0.447. The third-order valence-corrected chi connectivity index (χ3v) is 4.22. The maximum atomic E-state index is 6.12. The van der Waals surface area contributed by atoms with Gasteiger partial charge in [0.05, 0.1) is 42.2 Å². The van der Waals surface area contributed by atoms with Gasteiger partial charge in [0.25, 0.3) is 0 Å². The fourth-order valence-electron chi connectivity index (χ4n) is 2.08. The molecule has 0 fully saturated rings. The highest BCUT2D eigenvalue weighted by Crippen LogP contribution is 2.29. The van der Waals surface area contributed by atoms with Gasteiger partial charge in [0, 0.05) is 6.20 Å². The Morgan fingerprint density at radius 1 is 1.04 bits per heavy atom. The Bertz CT molecular complexity index is 978. The molecule has 2 aromatic heterocycles. The van der Waals surface area contributed by atoms with Crippen LogP contribution in [0.5, 0.6) is 23.5 Å². The number of rotatable bonds is 7. The molecule has 0 aliphatic heterocycles. The fourth-order valence-corrected chi connectivity index (χ4v) is 2.42. The Morgan fingerprint density at radius 2 is 1.79 bits per heavy atom. The first-order valence-electron chi connectivity index (χ1n) is 7.93. The molecule has 0 unspecified atom stereocenters. The highest BCUT2D eigenvalue weighted by atomic mass is 35.5. The number of nitrogens with zero attached hydrogens (tertiary/aromatic N) is 4. The van der Waals surface area contributed by atoms with Crippen LogP contribution in [-0.4, -0.2) is 35.4 Å². The van der Waals surface area contributed by atoms with Gasteiger partial charge < -0.3 is 14.2 Å². The minimum Gasteiger partial charge on any atom is -0.481 e. The van der Waals surface area contributed by atoms with Crippen molar-refractivity contribution in [1.82, 2.24) is 15.0 Å². The van der Waals surface area contributed by atoms with Crippen molar-refractivity contribution in [3.8, 4) is 23.5 Å². The third kappa shape index (κ3) is 4.79. The second-order valence-corrected chi connectivity index (χ2v) is 5.98. The molecule has 2 heterocycles. The Balaban J connectivity index is 1.81. The van der Waals surface area contributed by atoms with Crippen molar-refractivity contribution in [2.75, 3.05) is 19.6 Å². The van der Waals surface area contributed by atoms with Gasteiger partial charge in [-0.05, 0) is 24.3 Å². The van der Waals surface area contributed by atoms with Gasteiger partial charge in [-0.3, -0.25) is 10.4 Å². The summed E-state index contributed by atoms with van der Waals surface area (Å²) in [5, 5.41) is 4.93. The molecule has 0 radical (unpaired) electrons. The summed E-state index contributed by atoms with van der Waals surface area (Å²) in [6, 6.07) is 10.2. The number of benzene rings is 1. The molecule has 8 nitrogen and oxygen atoms in total. The number of hydrogen-bond acceptors (Lipinski definition) is 8. The average Bonchev–Trinajstić information content (AvgIpc) is 2.72. The zero-order valence-corrected chi connectivity index (χ0v) is 16.4. The van der Waals surface area contributed by atoms with E-state index in [1.165, 1.54) is 26.5 Å². The second-order valence-electron chi connectivity index (χ2n) is 5.20. The van der Waals surface area contributed by atoms with E-state index in [4.69, 9.17) is 37.4 Å². The van der Waals surface area contributed by atoms with Gasteiger partial charge in [0.2, 0.25) is 11.8 Å². The summed E-state index contributed by atoms with van der Waals surface area (Å²) in [6.07, 6.45) is 3.08. The predicted octanol–water partition coefficient (Wildman–Crippen LogP) is 4.43. The normalized spacial score (nSPS) is 10.7. The van der Waals surface area contributed by atoms with Crippen LogP contribution in [0.1, 0.15) is 5.69 Å². The number of hydrogen-bond donors (Lipinski definition) is 1. The summed E-state index contributed by atoms with van der Waals surface area (Å²) >= 11 is 12.1. The van der Waals surface area contributed by atoms with Crippen LogP contribution in [0, 0.1) is 0 Å². The van der Waals surface area contributed by atoms with Gasteiger partial charge >= 0.3 is 6.01 Å². The minimum atomic E-state index is 0.0460. The number of anilines is 1. The SMILES string of the molecule is COc1cc(OC)nc(Oc2cccnc2/C=N/Nc2cccc(Cl)c2Cl)n1. The molecule has 0 atom stereocenters. The van der Waals surface area contributed by atoms with Crippen molar-refractivity contribution < 1.29 is 14.2 Å². The highest BCUT2D eigenvalue weighted by molar-refractivity contribution is 6.43. The van der Waals surface area contributed by atoms with Gasteiger partial charge in [0.15, 0.2) is 5.75 Å². The first kappa shape index (κ1) is 19.7. The maximum absolute atomic E-state index is 6.12. The van der Waals surface area contributed by atoms with Crippen molar-refractivity contribution in [3.63, 3.8) is 0 Å². The van der Waals surface area contributed by atoms with E-state index in [1.807, 2.05) is 0 Å². The lowest BCUT2D eigenvalue weighted by Crippen LogP contribution is -2.01. The van der Waals surface area contributed by atoms with E-state index >= 15 is 0 Å². The first-order chi connectivity index (χ1) is 13.6. The summed E-state index contributed by atoms with van der Waals surface area (Å²) in [5.74, 6) is 0.997. The van der Waals surface area contributed by atoms with E-state index in [-0.39, 0.29) is 6.01 Å². The van der Waals surface area contributed by atoms with Gasteiger partial charge in [-0.25, -0.2) is 0 Å². The van der Waals surface area contributed by atoms with Crippen molar-refractivity contribution >= 4 is 35.1 Å². The highest BCUT2D eigenvalue weighted by Gasteiger charge is 2.10. The predicted molar refractivity (Wildman–Crippen MR) is 107 cm³/mol. The molecule has 144 valence electrons. The van der Waals surface area contributed by atoms with Crippen LogP contribution in [0.15, 0.2) is 47.7 Å². The molecule has 1 aromatic carbocycles. The monoisotopic (exact) mass is 419 g/mol. The zero-order chi connectivity index (χ0) is 19.9. The van der Waals surface area contributed by atoms with E-state index in [1.54, 1.807) is 36.5 Å². The molecule has 0 spiro atoms. The van der Waals surface area contributed by atoms with Crippen LogP contribution in [-0.2, 0) is 0 Å². The first-order valence-corrected chi connectivity index (χ1v) is 8.69. The van der Waals surface area contributed by atoms with Crippen LogP contribution >= 0.6 is 23.2 Å². The van der Waals surface area contributed by atoms with Gasteiger partial charge in [-0.2, -0.15) is 15.1 Å². The number of nitrogens with one attached hydrogen (secondary N) is 1. The molecule has 0 amide bonds. The van der Waals surface area contributed by atoms with Crippen LogP contribution in [0.4, 0.5) is 5.69 Å². The van der Waals surface area contributed by atoms with Gasteiger partial charge in [-0.15, -0.1) is 0 Å². The summed E-state index contributed by atoms with van der Waals surface area (Å²) in [5.41, 5.74) is 3.82. The number of pyridine rings is 1. The van der Waals surface area contributed by atoms with E-state index in [0.29, 0.717) is 38.9 Å². The van der Waals surface area contributed by atoms with Crippen LogP contribution in [0.25, 0.3) is 0 Å². The Labute approximate surface area is 171 Å². The summed E-state index contributed by atoms with van der Waals surface area (Å²) < 4.78 is 16.0. The standard InChI is InChI=1S/C18H15Cl2N5O3/c1-26-15-9-16(27-2)24-18(23-15)28-14-7-4-8-21-13(14)10-22-25-12-6-3-5-11(19)17(12)20/h3-10,25H,1-2H3/b22-10+. The van der Waals surface area contributed by atoms with Crippen molar-refractivity contribution in [2.24, 2.45) is 5.10 Å². The molecule has 0 aliphatic carbocycles. The average molecular weight is 420 g/mol. The molecule has 0 saturated carbocycles. The molecule has 10 heteroatoms. The number of hydrazone groups is 1. The van der Waals surface area contributed by atoms with E-state index in [0.717, 1.165) is 0 Å². The van der Waals surface area contributed by atoms with Crippen LogP contribution in [0.3, 0.4) is 0 Å². The molecular weight excluding hydrogens is 405 g/mol. The maximum Gasteiger partial charge on any atom is 0.328 e. The largest absolute Gasteiger partial charge is 0.481 e. The van der Waals surface area contributed by atoms with Gasteiger partial charge in [0.1, 0.15) is 5.69 Å². The van der Waals surface area contributed by atoms with E-state index < -0.39 is 0 Å². The zero-order valence-electron chi connectivity index (χ0n) is 14.9. The molecule has 3 rings (SSSR count). The minimum absolute atomic E-state index is 0.0460. The van der Waals surface area contributed by atoms with Crippen molar-refractivity contribution in [1.29, 1.82) is 0 Å². The molecule has 28 heavy (non-hydrogen) atoms. The number of ether oxygens (including phenoxy) is 3. The van der Waals surface area contributed by atoms with E-state index in [9.17, 15) is 0 Å². The van der Waals surface area contributed by atoms with Crippen LogP contribution in [0.2, 0.25) is 10.0 Å². The number of methoxy groups -OCH3 is 2. The van der Waals surface area contributed by atoms with Crippen molar-refractivity contribution in [2.45, 2.75) is 0 Å². The fraction of sp³-hybridized carbons (Fsp3) is 0.111.